The Hall–Kier alpha value is -2.16. The summed E-state index contributed by atoms with van der Waals surface area (Å²) in [5.41, 5.74) is 4.32. The molecule has 3 aromatic rings. The molecule has 228 valence electrons. The van der Waals surface area contributed by atoms with E-state index in [1.807, 2.05) is 4.98 Å². The number of nitrogens with zero attached hydrogens (tertiary/aromatic N) is 5. The lowest BCUT2D eigenvalue weighted by molar-refractivity contribution is -0.217. The minimum atomic E-state index is -4.62. The minimum absolute atomic E-state index is 0.0176. The summed E-state index contributed by atoms with van der Waals surface area (Å²) in [5.74, 6) is 0.0176. The third kappa shape index (κ3) is 5.59. The molecule has 0 saturated carbocycles. The van der Waals surface area contributed by atoms with Crippen LogP contribution in [0.4, 0.5) is 14.6 Å². The molecular weight excluding hydrogens is 650 g/mol. The molecule has 6 rings (SSSR count). The van der Waals surface area contributed by atoms with Crippen LogP contribution < -0.4 is 21.9 Å². The van der Waals surface area contributed by atoms with Gasteiger partial charge in [-0.2, -0.15) is 0 Å². The maximum atomic E-state index is 15.7. The highest BCUT2D eigenvalue weighted by Gasteiger charge is 2.52. The molecular formula is C19H19F2N7O10P2S2-2. The second kappa shape index (κ2) is 11.1. The van der Waals surface area contributed by atoms with E-state index in [1.54, 1.807) is 0 Å². The van der Waals surface area contributed by atoms with E-state index >= 15 is 8.78 Å². The van der Waals surface area contributed by atoms with Gasteiger partial charge in [0.2, 0.25) is 6.80 Å². The molecule has 0 spiro atoms. The molecule has 3 aliphatic heterocycles. The van der Waals surface area contributed by atoms with E-state index in [-0.39, 0.29) is 17.0 Å². The van der Waals surface area contributed by atoms with Gasteiger partial charge in [-0.15, -0.1) is 0 Å². The Balaban J connectivity index is 1.34. The molecule has 0 amide bonds. The minimum Gasteiger partial charge on any atom is -0.780 e. The molecule has 3 aromatic heterocycles. The smallest absolute Gasteiger partial charge is 0.330 e. The Morgan fingerprint density at radius 2 is 1.69 bits per heavy atom. The highest BCUT2D eigenvalue weighted by molar-refractivity contribution is 8.32. The van der Waals surface area contributed by atoms with Gasteiger partial charge in [-0.05, 0) is 0 Å². The largest absolute Gasteiger partial charge is 0.780 e. The Bertz CT molecular complexity index is 1730. The van der Waals surface area contributed by atoms with Gasteiger partial charge in [-0.25, -0.2) is 28.5 Å². The van der Waals surface area contributed by atoms with Crippen molar-refractivity contribution in [2.24, 2.45) is 0 Å². The lowest BCUT2D eigenvalue weighted by Crippen LogP contribution is -2.38. The molecule has 3 N–H and O–H groups in total. The second-order valence-electron chi connectivity index (χ2n) is 9.25. The molecule has 17 nitrogen and oxygen atoms in total. The number of hydrogen-bond acceptors (Lipinski definition) is 16. The number of H-pyrrole nitrogens is 1. The van der Waals surface area contributed by atoms with Gasteiger partial charge in [-0.1, -0.05) is 11.8 Å². The number of aromatic nitrogens is 6. The molecule has 2 unspecified atom stereocenters. The van der Waals surface area contributed by atoms with Gasteiger partial charge in [0.25, 0.3) is 5.56 Å². The number of nitrogens with one attached hydrogen (secondary N) is 1. The molecule has 0 radical (unpaired) electrons. The number of halogens is 2. The fourth-order valence-corrected chi connectivity index (χ4v) is 7.48. The molecule has 10 atom stereocenters. The van der Waals surface area contributed by atoms with Crippen molar-refractivity contribution in [3.63, 3.8) is 0 Å². The highest BCUT2D eigenvalue weighted by atomic mass is 32.7. The average Bonchev–Trinajstić information content (AvgIpc) is 3.57. The predicted octanol–water partition coefficient (Wildman–Crippen LogP) is -0.513. The van der Waals surface area contributed by atoms with Gasteiger partial charge in [0.15, 0.2) is 36.3 Å². The molecule has 6 heterocycles. The molecule has 0 aliphatic carbocycles. The van der Waals surface area contributed by atoms with Gasteiger partial charge in [-0.3, -0.25) is 23.5 Å². The standard InChI is InChI=1S/C19H21F2N7O10P2S2/c20-10-7-3-33-40(32,42)38-14-11(21)8(36-18(14)28-6-25-12-15(22)23-5-24-16(12)28)4-34-39(31,41)37-13(10)17(35-7)27-2-1-9(29)26-19(27)30/h1-2,5-8,10-11,13-14,17-18H,3-4H2,(H,31,41)(H,32,42)(H2,22,23,24)(H,26,29,30)/p-2/t7-,8-,10-,11-,13-,14-,17-,18-,39?,40?/m1/s1. The number of aromatic amines is 1. The summed E-state index contributed by atoms with van der Waals surface area (Å²) < 4.78 is 78.9. The summed E-state index contributed by atoms with van der Waals surface area (Å²) in [5, 5.41) is 0. The van der Waals surface area contributed by atoms with Crippen LogP contribution in [0, 0.1) is 0 Å². The molecule has 3 fully saturated rings. The highest BCUT2D eigenvalue weighted by Crippen LogP contribution is 2.54. The van der Waals surface area contributed by atoms with Crippen LogP contribution in [0.1, 0.15) is 12.5 Å². The topological polar surface area (TPSA) is 220 Å². The lowest BCUT2D eigenvalue weighted by atomic mass is 10.1. The second-order valence-corrected chi connectivity index (χ2v) is 14.7. The van der Waals surface area contributed by atoms with Gasteiger partial charge < -0.3 is 50.4 Å². The number of anilines is 1. The number of rotatable bonds is 2. The van der Waals surface area contributed by atoms with Gasteiger partial charge in [0, 0.05) is 12.3 Å². The predicted molar refractivity (Wildman–Crippen MR) is 140 cm³/mol. The zero-order valence-corrected chi connectivity index (χ0v) is 24.1. The third-order valence-corrected chi connectivity index (χ3v) is 9.69. The van der Waals surface area contributed by atoms with Gasteiger partial charge in [0.1, 0.15) is 43.0 Å². The Morgan fingerprint density at radius 1 is 1.05 bits per heavy atom. The quantitative estimate of drug-likeness (QED) is 0.259. The summed E-state index contributed by atoms with van der Waals surface area (Å²) in [7, 11) is 0. The number of fused-ring (bicyclic) bond motifs is 5. The molecule has 4 bridgehead atoms. The number of hydrogen-bond donors (Lipinski definition) is 2. The maximum absolute atomic E-state index is 15.7. The zero-order valence-electron chi connectivity index (χ0n) is 20.7. The van der Waals surface area contributed by atoms with Crippen molar-refractivity contribution in [1.29, 1.82) is 0 Å². The van der Waals surface area contributed by atoms with Crippen LogP contribution in [0.15, 0.2) is 34.5 Å². The number of nitrogen functional groups attached to an aromatic ring is 1. The van der Waals surface area contributed by atoms with Crippen LogP contribution in [0.25, 0.3) is 11.2 Å². The summed E-state index contributed by atoms with van der Waals surface area (Å²) in [4.78, 5) is 51.0. The Morgan fingerprint density at radius 3 is 2.38 bits per heavy atom. The van der Waals surface area contributed by atoms with E-state index in [1.165, 1.54) is 10.9 Å². The Labute approximate surface area is 243 Å². The Kier molecular flexibility index (Phi) is 7.89. The monoisotopic (exact) mass is 669 g/mol. The molecule has 3 aliphatic rings. The average molecular weight is 669 g/mol. The molecule has 42 heavy (non-hydrogen) atoms. The van der Waals surface area contributed by atoms with Crippen molar-refractivity contribution in [2.45, 2.75) is 49.2 Å². The van der Waals surface area contributed by atoms with Crippen molar-refractivity contribution < 1.29 is 45.8 Å². The SMILES string of the molecule is Nc1ncnc2c1ncn2[C@@H]1O[C@@H]2COP(=O)([S-])O[C@@H]3[C@H](F)[C@@H](COP([O-])(=S)O[C@@H]1[C@@H]2F)O[C@H]3n1ccc(=O)[nH]c1=O. The van der Waals surface area contributed by atoms with Crippen LogP contribution in [-0.2, 0) is 56.2 Å². The normalized spacial score (nSPS) is 39.3. The van der Waals surface area contributed by atoms with Crippen LogP contribution in [0.2, 0.25) is 0 Å². The lowest BCUT2D eigenvalue weighted by Gasteiger charge is -2.34. The van der Waals surface area contributed by atoms with Crippen molar-refractivity contribution in [2.75, 3.05) is 18.9 Å². The molecule has 0 aromatic carbocycles. The number of nitrogens with two attached hydrogens (primary N) is 1. The fourth-order valence-electron chi connectivity index (χ4n) is 4.70. The van der Waals surface area contributed by atoms with E-state index in [0.29, 0.717) is 0 Å². The maximum Gasteiger partial charge on any atom is 0.330 e. The summed E-state index contributed by atoms with van der Waals surface area (Å²) >= 11 is 9.90. The van der Waals surface area contributed by atoms with E-state index < -0.39 is 87.2 Å². The summed E-state index contributed by atoms with van der Waals surface area (Å²) in [6.07, 6.45) is -10.8. The third-order valence-electron chi connectivity index (χ3n) is 6.61. The first-order chi connectivity index (χ1) is 19.8. The zero-order chi connectivity index (χ0) is 30.0. The fraction of sp³-hybridized carbons (Fsp3) is 0.526. The van der Waals surface area contributed by atoms with Crippen LogP contribution in [-0.4, -0.2) is 79.0 Å². The number of ether oxygens (including phenoxy) is 2. The first-order valence-electron chi connectivity index (χ1n) is 11.9. The van der Waals surface area contributed by atoms with Gasteiger partial charge >= 0.3 is 5.69 Å². The van der Waals surface area contributed by atoms with E-state index in [2.05, 4.69) is 15.0 Å². The van der Waals surface area contributed by atoms with Gasteiger partial charge in [0.05, 0.1) is 19.5 Å². The van der Waals surface area contributed by atoms with Crippen LogP contribution >= 0.6 is 13.5 Å². The van der Waals surface area contributed by atoms with Crippen molar-refractivity contribution in [3.05, 3.63) is 45.8 Å². The number of alkyl halides is 2. The first-order valence-corrected chi connectivity index (χ1v) is 17.1. The van der Waals surface area contributed by atoms with Crippen molar-refractivity contribution in [1.82, 2.24) is 29.1 Å². The number of imidazole rings is 1. The first kappa shape index (κ1) is 29.9. The van der Waals surface area contributed by atoms with Crippen molar-refractivity contribution in [3.8, 4) is 0 Å². The van der Waals surface area contributed by atoms with E-state index in [0.717, 1.165) is 23.2 Å². The molecule has 3 saturated heterocycles. The molecule has 23 heteroatoms. The summed E-state index contributed by atoms with van der Waals surface area (Å²) in [6.45, 7) is -10.9. The van der Waals surface area contributed by atoms with Crippen LogP contribution in [0.5, 0.6) is 0 Å². The van der Waals surface area contributed by atoms with Crippen LogP contribution in [0.3, 0.4) is 0 Å². The van der Waals surface area contributed by atoms with E-state index in [4.69, 9.17) is 57.4 Å². The van der Waals surface area contributed by atoms with E-state index in [9.17, 15) is 19.0 Å². The van der Waals surface area contributed by atoms with Crippen molar-refractivity contribution >= 4 is 54.6 Å². The summed E-state index contributed by atoms with van der Waals surface area (Å²) in [6, 6.07) is 0.951.